The number of hydroxylamine groups is 1. The molecule has 0 bridgehead atoms. The predicted molar refractivity (Wildman–Crippen MR) is 63.8 cm³/mol. The zero-order chi connectivity index (χ0) is 12.6. The first-order valence-electron chi connectivity index (χ1n) is 5.68. The fourth-order valence-corrected chi connectivity index (χ4v) is 1.92. The molecule has 1 aromatic rings. The molecular formula is C11H16N2O4. The van der Waals surface area contributed by atoms with Gasteiger partial charge in [0.05, 0.1) is 19.3 Å². The number of hydrogen-bond acceptors (Lipinski definition) is 6. The molecule has 0 saturated carbocycles. The predicted octanol–water partition coefficient (Wildman–Crippen LogP) is -0.277. The molecule has 1 aliphatic rings. The molecule has 17 heavy (non-hydrogen) atoms. The molecule has 1 saturated heterocycles. The lowest BCUT2D eigenvalue weighted by molar-refractivity contribution is 0.122. The molecule has 0 amide bonds. The number of hydrogen-bond donors (Lipinski definition) is 1. The zero-order valence-corrected chi connectivity index (χ0v) is 9.97. The molecule has 0 atom stereocenters. The van der Waals surface area contributed by atoms with Gasteiger partial charge in [-0.1, -0.05) is 0 Å². The summed E-state index contributed by atoms with van der Waals surface area (Å²) in [5.74, 6) is 0. The van der Waals surface area contributed by atoms with Gasteiger partial charge in [0.15, 0.2) is 0 Å². The Balaban J connectivity index is 2.31. The highest BCUT2D eigenvalue weighted by Crippen LogP contribution is 2.25. The Labute approximate surface area is 98.7 Å². The SMILES string of the molecule is CC(C)N(O)c1c(N2CCOCC2)c(=O)c1=O. The van der Waals surface area contributed by atoms with E-state index in [9.17, 15) is 14.8 Å². The first kappa shape index (κ1) is 12.1. The van der Waals surface area contributed by atoms with Crippen molar-refractivity contribution in [3.8, 4) is 0 Å². The Morgan fingerprint density at radius 3 is 2.35 bits per heavy atom. The standard InChI is InChI=1S/C11H16N2O4/c1-7(2)13(16)9-8(10(14)11(9)15)12-3-5-17-6-4-12/h7,16H,3-6H2,1-2H3. The number of nitrogens with zero attached hydrogens (tertiary/aromatic N) is 2. The summed E-state index contributed by atoms with van der Waals surface area (Å²) in [6, 6.07) is -0.238. The lowest BCUT2D eigenvalue weighted by Gasteiger charge is -2.33. The van der Waals surface area contributed by atoms with E-state index >= 15 is 0 Å². The molecule has 0 aliphatic carbocycles. The van der Waals surface area contributed by atoms with Gasteiger partial charge < -0.3 is 9.64 Å². The molecule has 1 N–H and O–H groups in total. The second kappa shape index (κ2) is 4.46. The Kier molecular flexibility index (Phi) is 3.17. The van der Waals surface area contributed by atoms with Crippen LogP contribution in [-0.4, -0.2) is 37.6 Å². The molecule has 1 heterocycles. The molecule has 0 unspecified atom stereocenters. The van der Waals surface area contributed by atoms with Crippen LogP contribution in [0.2, 0.25) is 0 Å². The average molecular weight is 240 g/mol. The van der Waals surface area contributed by atoms with Crippen molar-refractivity contribution in [2.45, 2.75) is 19.9 Å². The van der Waals surface area contributed by atoms with Gasteiger partial charge in [-0.05, 0) is 13.8 Å². The average Bonchev–Trinajstić information content (AvgIpc) is 2.34. The smallest absolute Gasteiger partial charge is 0.255 e. The number of morpholine rings is 1. The number of rotatable bonds is 3. The third-order valence-corrected chi connectivity index (χ3v) is 2.91. The second-order valence-corrected chi connectivity index (χ2v) is 4.39. The highest BCUT2D eigenvalue weighted by Gasteiger charge is 2.31. The van der Waals surface area contributed by atoms with E-state index < -0.39 is 10.9 Å². The maximum absolute atomic E-state index is 11.6. The molecule has 94 valence electrons. The van der Waals surface area contributed by atoms with Crippen molar-refractivity contribution >= 4 is 11.4 Å². The molecule has 6 nitrogen and oxygen atoms in total. The van der Waals surface area contributed by atoms with Crippen molar-refractivity contribution < 1.29 is 9.94 Å². The van der Waals surface area contributed by atoms with Gasteiger partial charge >= 0.3 is 0 Å². The molecular weight excluding hydrogens is 224 g/mol. The van der Waals surface area contributed by atoms with Crippen LogP contribution in [0.25, 0.3) is 0 Å². The van der Waals surface area contributed by atoms with Crippen LogP contribution in [0.5, 0.6) is 0 Å². The summed E-state index contributed by atoms with van der Waals surface area (Å²) in [5, 5.41) is 10.6. The molecule has 2 rings (SSSR count). The van der Waals surface area contributed by atoms with Crippen molar-refractivity contribution in [1.82, 2.24) is 0 Å². The lowest BCUT2D eigenvalue weighted by atomic mass is 10.1. The second-order valence-electron chi connectivity index (χ2n) is 4.39. The molecule has 6 heteroatoms. The first-order valence-corrected chi connectivity index (χ1v) is 5.68. The fourth-order valence-electron chi connectivity index (χ4n) is 1.92. The maximum atomic E-state index is 11.6. The minimum atomic E-state index is -0.609. The highest BCUT2D eigenvalue weighted by atomic mass is 16.5. The van der Waals surface area contributed by atoms with Crippen molar-refractivity contribution in [2.75, 3.05) is 36.3 Å². The summed E-state index contributed by atoms with van der Waals surface area (Å²) < 4.78 is 5.19. The summed E-state index contributed by atoms with van der Waals surface area (Å²) in [6.07, 6.45) is 0. The van der Waals surface area contributed by atoms with Crippen LogP contribution >= 0.6 is 0 Å². The Hall–Kier alpha value is -1.40. The van der Waals surface area contributed by atoms with Crippen LogP contribution in [0.15, 0.2) is 9.59 Å². The van der Waals surface area contributed by atoms with E-state index in [1.54, 1.807) is 18.7 Å². The molecule has 1 fully saturated rings. The van der Waals surface area contributed by atoms with Gasteiger partial charge in [0.2, 0.25) is 0 Å². The molecule has 1 aliphatic heterocycles. The Morgan fingerprint density at radius 2 is 1.82 bits per heavy atom. The van der Waals surface area contributed by atoms with Gasteiger partial charge in [-0.2, -0.15) is 0 Å². The van der Waals surface area contributed by atoms with Gasteiger partial charge in [0, 0.05) is 13.1 Å². The normalized spacial score (nSPS) is 16.8. The molecule has 1 aromatic carbocycles. The topological polar surface area (TPSA) is 70.1 Å². The minimum Gasteiger partial charge on any atom is -0.378 e. The summed E-state index contributed by atoms with van der Waals surface area (Å²) in [4.78, 5) is 24.9. The highest BCUT2D eigenvalue weighted by molar-refractivity contribution is 5.75. The fraction of sp³-hybridized carbons (Fsp3) is 0.636. The van der Waals surface area contributed by atoms with Crippen LogP contribution in [0.1, 0.15) is 13.8 Å². The quantitative estimate of drug-likeness (QED) is 0.579. The number of ether oxygens (including phenoxy) is 1. The van der Waals surface area contributed by atoms with E-state index in [1.807, 2.05) is 0 Å². The van der Waals surface area contributed by atoms with Crippen molar-refractivity contribution in [1.29, 1.82) is 0 Å². The van der Waals surface area contributed by atoms with Crippen LogP contribution in [0.4, 0.5) is 11.4 Å². The van der Waals surface area contributed by atoms with E-state index in [2.05, 4.69) is 0 Å². The Bertz CT molecular complexity index is 470. The van der Waals surface area contributed by atoms with Crippen molar-refractivity contribution in [3.63, 3.8) is 0 Å². The third kappa shape index (κ3) is 1.94. The zero-order valence-electron chi connectivity index (χ0n) is 9.97. The molecule has 0 aromatic heterocycles. The van der Waals surface area contributed by atoms with Crippen LogP contribution in [0.3, 0.4) is 0 Å². The molecule has 0 spiro atoms. The van der Waals surface area contributed by atoms with Crippen LogP contribution < -0.4 is 20.8 Å². The van der Waals surface area contributed by atoms with Crippen molar-refractivity contribution in [2.24, 2.45) is 0 Å². The maximum Gasteiger partial charge on any atom is 0.255 e. The van der Waals surface area contributed by atoms with E-state index in [0.717, 1.165) is 5.06 Å². The summed E-state index contributed by atoms with van der Waals surface area (Å²) in [7, 11) is 0. The van der Waals surface area contributed by atoms with Gasteiger partial charge in [-0.25, -0.2) is 5.06 Å². The van der Waals surface area contributed by atoms with E-state index in [1.165, 1.54) is 0 Å². The third-order valence-electron chi connectivity index (χ3n) is 2.91. The summed E-state index contributed by atoms with van der Waals surface area (Å²) >= 11 is 0. The van der Waals surface area contributed by atoms with E-state index in [0.29, 0.717) is 32.0 Å². The summed E-state index contributed by atoms with van der Waals surface area (Å²) in [6.45, 7) is 5.71. The van der Waals surface area contributed by atoms with E-state index in [4.69, 9.17) is 4.74 Å². The number of anilines is 2. The first-order chi connectivity index (χ1) is 8.04. The minimum absolute atomic E-state index is 0.118. The van der Waals surface area contributed by atoms with Crippen molar-refractivity contribution in [3.05, 3.63) is 20.4 Å². The largest absolute Gasteiger partial charge is 0.378 e. The van der Waals surface area contributed by atoms with Gasteiger partial charge in [0.25, 0.3) is 10.9 Å². The van der Waals surface area contributed by atoms with Crippen LogP contribution in [0, 0.1) is 0 Å². The summed E-state index contributed by atoms with van der Waals surface area (Å²) in [5.41, 5.74) is -0.675. The Morgan fingerprint density at radius 1 is 1.24 bits per heavy atom. The van der Waals surface area contributed by atoms with Crippen LogP contribution in [-0.2, 0) is 4.74 Å². The van der Waals surface area contributed by atoms with Gasteiger partial charge in [-0.15, -0.1) is 0 Å². The molecule has 0 radical (unpaired) electrons. The van der Waals surface area contributed by atoms with E-state index in [-0.39, 0.29) is 11.7 Å². The lowest BCUT2D eigenvalue weighted by Crippen LogP contribution is -2.49. The van der Waals surface area contributed by atoms with Gasteiger partial charge in [0.1, 0.15) is 11.4 Å². The monoisotopic (exact) mass is 240 g/mol. The van der Waals surface area contributed by atoms with Gasteiger partial charge in [-0.3, -0.25) is 14.8 Å².